The Balaban J connectivity index is 1.84. The van der Waals surface area contributed by atoms with Crippen molar-refractivity contribution in [2.45, 2.75) is 36.7 Å². The predicted octanol–water partition coefficient (Wildman–Crippen LogP) is 3.05. The highest BCUT2D eigenvalue weighted by Gasteiger charge is 2.23. The number of halogens is 2. The summed E-state index contributed by atoms with van der Waals surface area (Å²) in [5.41, 5.74) is 0.609. The molecular weight excluding hydrogens is 310 g/mol. The van der Waals surface area contributed by atoms with Gasteiger partial charge >= 0.3 is 0 Å². The number of alkyl halides is 2. The van der Waals surface area contributed by atoms with E-state index in [0.717, 1.165) is 13.1 Å². The third-order valence-electron chi connectivity index (χ3n) is 3.23. The fourth-order valence-corrected chi connectivity index (χ4v) is 3.04. The molecule has 7 heteroatoms. The number of nitrogens with one attached hydrogen (secondary N) is 1. The number of hydrogen-bond acceptors (Lipinski definition) is 4. The predicted molar refractivity (Wildman–Crippen MR) is 83.4 cm³/mol. The van der Waals surface area contributed by atoms with E-state index in [2.05, 4.69) is 10.2 Å². The van der Waals surface area contributed by atoms with E-state index in [1.165, 1.54) is 0 Å². The van der Waals surface area contributed by atoms with Crippen LogP contribution in [0, 0.1) is 0 Å². The summed E-state index contributed by atoms with van der Waals surface area (Å²) >= 11 is 0.487. The molecule has 0 spiro atoms. The number of carbonyl (C=O) groups is 1. The number of thioether (sulfide) groups is 1. The highest BCUT2D eigenvalue weighted by molar-refractivity contribution is 7.99. The lowest BCUT2D eigenvalue weighted by molar-refractivity contribution is -0.121. The molecule has 4 nitrogen and oxygen atoms in total. The Kier molecular flexibility index (Phi) is 6.16. The molecular formula is C15H20F2N2O2S. The van der Waals surface area contributed by atoms with Crippen LogP contribution < -0.4 is 5.32 Å². The summed E-state index contributed by atoms with van der Waals surface area (Å²) in [6, 6.07) is 6.41. The van der Waals surface area contributed by atoms with E-state index in [9.17, 15) is 13.6 Å². The average Bonchev–Trinajstić information content (AvgIpc) is 2.39. The van der Waals surface area contributed by atoms with E-state index in [0.29, 0.717) is 28.9 Å². The Hall–Kier alpha value is -1.18. The maximum atomic E-state index is 12.2. The summed E-state index contributed by atoms with van der Waals surface area (Å²) in [6.45, 7) is 5.72. The Morgan fingerprint density at radius 3 is 2.45 bits per heavy atom. The van der Waals surface area contributed by atoms with E-state index < -0.39 is 5.76 Å². The molecule has 1 amide bonds. The Labute approximate surface area is 133 Å². The highest BCUT2D eigenvalue weighted by Crippen LogP contribution is 2.26. The number of nitrogens with zero attached hydrogens (tertiary/aromatic N) is 1. The summed E-state index contributed by atoms with van der Waals surface area (Å²) in [5.74, 6) is -2.55. The van der Waals surface area contributed by atoms with Crippen LogP contribution >= 0.6 is 11.8 Å². The van der Waals surface area contributed by atoms with Crippen LogP contribution in [0.3, 0.4) is 0 Å². The Bertz CT molecular complexity index is 489. The van der Waals surface area contributed by atoms with Gasteiger partial charge in [0, 0.05) is 23.7 Å². The highest BCUT2D eigenvalue weighted by atomic mass is 32.2. The molecule has 0 saturated carbocycles. The van der Waals surface area contributed by atoms with Crippen molar-refractivity contribution in [3.05, 3.63) is 24.3 Å². The molecule has 1 aromatic carbocycles. The quantitative estimate of drug-likeness (QED) is 0.843. The zero-order chi connectivity index (χ0) is 16.1. The first-order valence-electron chi connectivity index (χ1n) is 7.15. The van der Waals surface area contributed by atoms with E-state index in [4.69, 9.17) is 4.74 Å². The number of hydrogen-bond donors (Lipinski definition) is 1. The summed E-state index contributed by atoms with van der Waals surface area (Å²) < 4.78 is 30.1. The Morgan fingerprint density at radius 1 is 1.32 bits per heavy atom. The van der Waals surface area contributed by atoms with Gasteiger partial charge in [-0.1, -0.05) is 11.8 Å². The zero-order valence-corrected chi connectivity index (χ0v) is 13.4. The smallest absolute Gasteiger partial charge is 0.288 e. The van der Waals surface area contributed by atoms with Crippen LogP contribution in [-0.4, -0.2) is 48.4 Å². The van der Waals surface area contributed by atoms with Gasteiger partial charge in [0.2, 0.25) is 5.91 Å². The molecule has 1 aromatic rings. The molecule has 0 bridgehead atoms. The first kappa shape index (κ1) is 17.2. The van der Waals surface area contributed by atoms with Gasteiger partial charge in [0.15, 0.2) is 0 Å². The summed E-state index contributed by atoms with van der Waals surface area (Å²) in [5, 5.41) is 2.78. The summed E-state index contributed by atoms with van der Waals surface area (Å²) in [7, 11) is 0. The van der Waals surface area contributed by atoms with Crippen LogP contribution in [0.4, 0.5) is 14.5 Å². The lowest BCUT2D eigenvalue weighted by Crippen LogP contribution is -2.48. The molecule has 1 saturated heterocycles. The minimum absolute atomic E-state index is 0.113. The van der Waals surface area contributed by atoms with Crippen molar-refractivity contribution in [3.8, 4) is 0 Å². The van der Waals surface area contributed by atoms with Crippen LogP contribution in [0.1, 0.15) is 13.8 Å². The van der Waals surface area contributed by atoms with Crippen molar-refractivity contribution in [3.63, 3.8) is 0 Å². The lowest BCUT2D eigenvalue weighted by Gasteiger charge is -2.34. The first-order valence-corrected chi connectivity index (χ1v) is 8.03. The molecule has 1 aliphatic rings. The largest absolute Gasteiger partial charge is 0.373 e. The number of morpholine rings is 1. The number of carbonyl (C=O) groups excluding carboxylic acids is 1. The van der Waals surface area contributed by atoms with Gasteiger partial charge in [-0.15, -0.1) is 0 Å². The fraction of sp³-hybridized carbons (Fsp3) is 0.533. The van der Waals surface area contributed by atoms with Gasteiger partial charge in [0.05, 0.1) is 18.8 Å². The van der Waals surface area contributed by atoms with Gasteiger partial charge in [-0.05, 0) is 38.1 Å². The van der Waals surface area contributed by atoms with Crippen LogP contribution in [0.5, 0.6) is 0 Å². The maximum Gasteiger partial charge on any atom is 0.288 e. The summed E-state index contributed by atoms with van der Waals surface area (Å²) in [4.78, 5) is 14.6. The number of benzene rings is 1. The topological polar surface area (TPSA) is 41.6 Å². The molecule has 1 fully saturated rings. The van der Waals surface area contributed by atoms with E-state index in [1.54, 1.807) is 24.3 Å². The third kappa shape index (κ3) is 5.55. The van der Waals surface area contributed by atoms with Gasteiger partial charge < -0.3 is 10.1 Å². The normalized spacial score (nSPS) is 22.8. The molecule has 2 atom stereocenters. The van der Waals surface area contributed by atoms with Gasteiger partial charge in [0.25, 0.3) is 5.76 Å². The Morgan fingerprint density at radius 2 is 1.91 bits per heavy atom. The van der Waals surface area contributed by atoms with Crippen LogP contribution in [0.25, 0.3) is 0 Å². The fourth-order valence-electron chi connectivity index (χ4n) is 2.54. The molecule has 122 valence electrons. The second kappa shape index (κ2) is 7.89. The second-order valence-electron chi connectivity index (χ2n) is 5.40. The van der Waals surface area contributed by atoms with Crippen molar-refractivity contribution in [2.24, 2.45) is 0 Å². The van der Waals surface area contributed by atoms with Gasteiger partial charge in [0.1, 0.15) is 0 Å². The standard InChI is InChI=1S/C15H20F2N2O2S/c1-10-7-19(8-11(2)21-10)9-14(20)18-12-3-5-13(6-4-12)22-15(16)17/h3-6,10-11,15H,7-9H2,1-2H3,(H,18,20)/t10-,11+. The second-order valence-corrected chi connectivity index (χ2v) is 6.47. The summed E-state index contributed by atoms with van der Waals surface area (Å²) in [6.07, 6.45) is 0.226. The van der Waals surface area contributed by atoms with Crippen LogP contribution in [0.15, 0.2) is 29.2 Å². The molecule has 0 aliphatic carbocycles. The average molecular weight is 330 g/mol. The minimum Gasteiger partial charge on any atom is -0.373 e. The molecule has 1 aliphatic heterocycles. The van der Waals surface area contributed by atoms with Gasteiger partial charge in [-0.3, -0.25) is 9.69 Å². The number of amides is 1. The molecule has 1 N–H and O–H groups in total. The van der Waals surface area contributed by atoms with Crippen LogP contribution in [-0.2, 0) is 9.53 Å². The minimum atomic E-state index is -2.44. The monoisotopic (exact) mass is 330 g/mol. The van der Waals surface area contributed by atoms with Crippen molar-refractivity contribution in [2.75, 3.05) is 25.0 Å². The maximum absolute atomic E-state index is 12.2. The van der Waals surface area contributed by atoms with Crippen molar-refractivity contribution in [1.29, 1.82) is 0 Å². The molecule has 0 unspecified atom stereocenters. The van der Waals surface area contributed by atoms with Crippen molar-refractivity contribution in [1.82, 2.24) is 4.90 Å². The number of anilines is 1. The molecule has 0 radical (unpaired) electrons. The van der Waals surface area contributed by atoms with Crippen molar-refractivity contribution >= 4 is 23.4 Å². The lowest BCUT2D eigenvalue weighted by atomic mass is 10.2. The first-order chi connectivity index (χ1) is 10.4. The number of rotatable bonds is 5. The SMILES string of the molecule is C[C@@H]1CN(CC(=O)Nc2ccc(SC(F)F)cc2)C[C@H](C)O1. The van der Waals surface area contributed by atoms with E-state index in [1.807, 2.05) is 13.8 Å². The zero-order valence-electron chi connectivity index (χ0n) is 12.6. The molecule has 22 heavy (non-hydrogen) atoms. The molecule has 1 heterocycles. The van der Waals surface area contributed by atoms with Gasteiger partial charge in [-0.2, -0.15) is 8.78 Å². The molecule has 2 rings (SSSR count). The van der Waals surface area contributed by atoms with Gasteiger partial charge in [-0.25, -0.2) is 0 Å². The third-order valence-corrected chi connectivity index (χ3v) is 3.95. The van der Waals surface area contributed by atoms with Crippen molar-refractivity contribution < 1.29 is 18.3 Å². The van der Waals surface area contributed by atoms with E-state index >= 15 is 0 Å². The van der Waals surface area contributed by atoms with Crippen LogP contribution in [0.2, 0.25) is 0 Å². The van der Waals surface area contributed by atoms with E-state index in [-0.39, 0.29) is 18.1 Å². The molecule has 0 aromatic heterocycles. The number of ether oxygens (including phenoxy) is 1.